The Bertz CT molecular complexity index is 806. The second kappa shape index (κ2) is 4.36. The lowest BCUT2D eigenvalue weighted by atomic mass is 10.1. The molecule has 2 aromatic rings. The van der Waals surface area contributed by atoms with Crippen LogP contribution < -0.4 is 0 Å². The second-order valence-corrected chi connectivity index (χ2v) is 6.56. The summed E-state index contributed by atoms with van der Waals surface area (Å²) in [7, 11) is 0. The van der Waals surface area contributed by atoms with Gasteiger partial charge < -0.3 is 0 Å². The molecule has 0 aromatic heterocycles. The van der Waals surface area contributed by atoms with Gasteiger partial charge in [-0.1, -0.05) is 42.1 Å². The maximum absolute atomic E-state index is 12.5. The van der Waals surface area contributed by atoms with Crippen molar-refractivity contribution in [3.8, 4) is 0 Å². The van der Waals surface area contributed by atoms with Gasteiger partial charge in [0.2, 0.25) is 10.9 Å². The number of fused-ring (bicyclic) bond motifs is 2. The monoisotopic (exact) mass is 296 g/mol. The van der Waals surface area contributed by atoms with Crippen molar-refractivity contribution in [2.45, 2.75) is 4.90 Å². The van der Waals surface area contributed by atoms with Gasteiger partial charge in [-0.2, -0.15) is 0 Å². The van der Waals surface area contributed by atoms with Crippen LogP contribution in [0.15, 0.2) is 58.3 Å². The quantitative estimate of drug-likeness (QED) is 0.681. The van der Waals surface area contributed by atoms with Gasteiger partial charge in [-0.05, 0) is 30.0 Å². The van der Waals surface area contributed by atoms with Gasteiger partial charge in [0.15, 0.2) is 0 Å². The van der Waals surface area contributed by atoms with Crippen LogP contribution in [0, 0.1) is 0 Å². The average molecular weight is 296 g/mol. The fourth-order valence-corrected chi connectivity index (χ4v) is 4.64. The largest absolute Gasteiger partial charge is 0.288 e. The van der Waals surface area contributed by atoms with Crippen molar-refractivity contribution < 1.29 is 9.59 Å². The van der Waals surface area contributed by atoms with E-state index in [0.717, 1.165) is 20.9 Å². The molecule has 0 fully saturated rings. The third kappa shape index (κ3) is 1.62. The first-order valence-corrected chi connectivity index (χ1v) is 7.76. The molecule has 2 heterocycles. The Labute approximate surface area is 124 Å². The molecular weight excluding hydrogens is 288 g/mol. The maximum Gasteiger partial charge on any atom is 0.224 e. The minimum absolute atomic E-state index is 0.0208. The van der Waals surface area contributed by atoms with Crippen LogP contribution in [0.5, 0.6) is 0 Å². The summed E-state index contributed by atoms with van der Waals surface area (Å²) in [5.74, 6) is 0.0256. The zero-order valence-electron chi connectivity index (χ0n) is 10.3. The summed E-state index contributed by atoms with van der Waals surface area (Å²) in [5.41, 5.74) is 2.31. The molecule has 0 aliphatic carbocycles. The van der Waals surface area contributed by atoms with Crippen molar-refractivity contribution in [2.75, 3.05) is 0 Å². The smallest absolute Gasteiger partial charge is 0.224 e. The minimum atomic E-state index is 0.0208. The van der Waals surface area contributed by atoms with Crippen LogP contribution in [0.3, 0.4) is 0 Å². The zero-order valence-corrected chi connectivity index (χ0v) is 11.9. The lowest BCUT2D eigenvalue weighted by Crippen LogP contribution is -1.95. The van der Waals surface area contributed by atoms with Gasteiger partial charge in [-0.15, -0.1) is 0 Å². The van der Waals surface area contributed by atoms with E-state index in [1.54, 1.807) is 0 Å². The SMILES string of the molecule is O=C1/C(=C2/SC(=O)c3ccccc32)Sc2ccccc21. The van der Waals surface area contributed by atoms with E-state index in [9.17, 15) is 9.59 Å². The summed E-state index contributed by atoms with van der Waals surface area (Å²) >= 11 is 2.63. The molecule has 0 bridgehead atoms. The Morgan fingerprint density at radius 2 is 1.30 bits per heavy atom. The van der Waals surface area contributed by atoms with Crippen molar-refractivity contribution in [1.82, 2.24) is 0 Å². The van der Waals surface area contributed by atoms with Gasteiger partial charge in [-0.3, -0.25) is 9.59 Å². The molecule has 4 heteroatoms. The van der Waals surface area contributed by atoms with Crippen LogP contribution in [-0.2, 0) is 0 Å². The number of ketones is 1. The highest BCUT2D eigenvalue weighted by molar-refractivity contribution is 8.23. The molecule has 4 rings (SSSR count). The van der Waals surface area contributed by atoms with Crippen molar-refractivity contribution in [1.29, 1.82) is 0 Å². The Morgan fingerprint density at radius 3 is 2.05 bits per heavy atom. The van der Waals surface area contributed by atoms with E-state index in [1.807, 2.05) is 48.5 Å². The second-order valence-electron chi connectivity index (χ2n) is 4.52. The number of Topliss-reactive ketones (excluding diaryl/α,β-unsaturated/α-hetero) is 1. The van der Waals surface area contributed by atoms with Crippen LogP contribution in [-0.4, -0.2) is 10.9 Å². The number of hydrogen-bond donors (Lipinski definition) is 0. The number of carbonyl (C=O) groups is 2. The van der Waals surface area contributed by atoms with Gasteiger partial charge in [0.25, 0.3) is 0 Å². The van der Waals surface area contributed by atoms with Crippen molar-refractivity contribution in [3.63, 3.8) is 0 Å². The van der Waals surface area contributed by atoms with E-state index in [4.69, 9.17) is 0 Å². The fourth-order valence-electron chi connectivity index (χ4n) is 2.40. The highest BCUT2D eigenvalue weighted by atomic mass is 32.2. The summed E-state index contributed by atoms with van der Waals surface area (Å²) in [5, 5.41) is 0.0208. The van der Waals surface area contributed by atoms with Gasteiger partial charge in [-0.25, -0.2) is 0 Å². The molecule has 2 aromatic carbocycles. The molecule has 0 saturated carbocycles. The van der Waals surface area contributed by atoms with Crippen LogP contribution in [0.1, 0.15) is 26.3 Å². The molecule has 0 unspecified atom stereocenters. The first-order chi connectivity index (χ1) is 9.75. The topological polar surface area (TPSA) is 34.1 Å². The van der Waals surface area contributed by atoms with Gasteiger partial charge in [0, 0.05) is 26.5 Å². The summed E-state index contributed by atoms with van der Waals surface area (Å²) in [4.78, 5) is 27.0. The number of carbonyl (C=O) groups excluding carboxylic acids is 2. The highest BCUT2D eigenvalue weighted by Gasteiger charge is 2.34. The molecule has 2 nitrogen and oxygen atoms in total. The number of allylic oxidation sites excluding steroid dienone is 1. The molecule has 0 N–H and O–H groups in total. The van der Waals surface area contributed by atoms with E-state index in [2.05, 4.69) is 0 Å². The van der Waals surface area contributed by atoms with Crippen LogP contribution in [0.2, 0.25) is 0 Å². The fraction of sp³-hybridized carbons (Fsp3) is 0. The zero-order chi connectivity index (χ0) is 13.7. The first-order valence-electron chi connectivity index (χ1n) is 6.13. The number of benzene rings is 2. The molecule has 0 amide bonds. The van der Waals surface area contributed by atoms with Crippen molar-refractivity contribution >= 4 is 39.3 Å². The average Bonchev–Trinajstić information content (AvgIpc) is 2.99. The Kier molecular flexibility index (Phi) is 2.62. The summed E-state index contributed by atoms with van der Waals surface area (Å²) in [6, 6.07) is 15.0. The third-order valence-electron chi connectivity index (χ3n) is 3.34. The van der Waals surface area contributed by atoms with Gasteiger partial charge in [0.05, 0.1) is 4.91 Å². The standard InChI is InChI=1S/C16H8O2S2/c17-13-11-7-3-4-8-12(11)19-15(13)14-9-5-1-2-6-10(9)16(18)20-14/h1-8H/b15-14-. The van der Waals surface area contributed by atoms with Gasteiger partial charge in [0.1, 0.15) is 0 Å². The number of hydrogen-bond acceptors (Lipinski definition) is 4. The molecule has 0 saturated heterocycles. The van der Waals surface area contributed by atoms with Crippen molar-refractivity contribution in [2.24, 2.45) is 0 Å². The molecule has 96 valence electrons. The molecule has 2 aliphatic heterocycles. The normalized spacial score (nSPS) is 20.2. The third-order valence-corrected chi connectivity index (χ3v) is 5.67. The molecule has 0 radical (unpaired) electrons. The number of rotatable bonds is 0. The van der Waals surface area contributed by atoms with E-state index < -0.39 is 0 Å². The lowest BCUT2D eigenvalue weighted by molar-refractivity contribution is 0.104. The van der Waals surface area contributed by atoms with Crippen LogP contribution in [0.25, 0.3) is 4.91 Å². The molecule has 20 heavy (non-hydrogen) atoms. The predicted molar refractivity (Wildman–Crippen MR) is 81.9 cm³/mol. The first kappa shape index (κ1) is 12.0. The Balaban J connectivity index is 1.92. The molecule has 0 spiro atoms. The van der Waals surface area contributed by atoms with Crippen LogP contribution in [0.4, 0.5) is 0 Å². The van der Waals surface area contributed by atoms with E-state index in [0.29, 0.717) is 10.5 Å². The highest BCUT2D eigenvalue weighted by Crippen LogP contribution is 2.50. The summed E-state index contributed by atoms with van der Waals surface area (Å²) < 4.78 is 0. The minimum Gasteiger partial charge on any atom is -0.288 e. The molecular formula is C16H8O2S2. The Morgan fingerprint density at radius 1 is 0.650 bits per heavy atom. The van der Waals surface area contributed by atoms with Crippen LogP contribution >= 0.6 is 23.5 Å². The summed E-state index contributed by atoms with van der Waals surface area (Å²) in [6.45, 7) is 0. The molecule has 0 atom stereocenters. The number of thioether (sulfide) groups is 2. The predicted octanol–water partition coefficient (Wildman–Crippen LogP) is 4.23. The summed E-state index contributed by atoms with van der Waals surface area (Å²) in [6.07, 6.45) is 0. The van der Waals surface area contributed by atoms with E-state index in [-0.39, 0.29) is 10.9 Å². The van der Waals surface area contributed by atoms with E-state index in [1.165, 1.54) is 23.5 Å². The van der Waals surface area contributed by atoms with Gasteiger partial charge >= 0.3 is 0 Å². The maximum atomic E-state index is 12.5. The van der Waals surface area contributed by atoms with Crippen molar-refractivity contribution in [3.05, 3.63) is 70.1 Å². The van der Waals surface area contributed by atoms with E-state index >= 15 is 0 Å². The Hall–Kier alpha value is -1.78. The lowest BCUT2D eigenvalue weighted by Gasteiger charge is -2.01. The molecule has 2 aliphatic rings.